The summed E-state index contributed by atoms with van der Waals surface area (Å²) in [6, 6.07) is 15.7. The number of nitrogens with zero attached hydrogens (tertiary/aromatic N) is 1. The van der Waals surface area contributed by atoms with Crippen molar-refractivity contribution in [1.29, 1.82) is 0 Å². The fourth-order valence-electron chi connectivity index (χ4n) is 5.44. The van der Waals surface area contributed by atoms with Gasteiger partial charge in [-0.2, -0.15) is 0 Å². The number of hydrogen-bond acceptors (Lipinski definition) is 4. The highest BCUT2D eigenvalue weighted by molar-refractivity contribution is 6.01. The van der Waals surface area contributed by atoms with Gasteiger partial charge in [0.15, 0.2) is 11.5 Å². The van der Waals surface area contributed by atoms with Gasteiger partial charge < -0.3 is 14.6 Å². The largest absolute Gasteiger partial charge is 0.452 e. The van der Waals surface area contributed by atoms with E-state index < -0.39 is 0 Å². The first-order valence-electron chi connectivity index (χ1n) is 11.8. The molecule has 7 rings (SSSR count). The van der Waals surface area contributed by atoms with Crippen molar-refractivity contribution in [3.63, 3.8) is 0 Å². The lowest BCUT2D eigenvalue weighted by Crippen LogP contribution is -2.47. The van der Waals surface area contributed by atoms with E-state index in [1.165, 1.54) is 25.9 Å². The minimum atomic E-state index is 0.0963. The molecule has 2 bridgehead atoms. The number of Topliss-reactive ketones (excluding diaryl/α,β-unsaturated/α-hetero) is 1. The zero-order valence-electron chi connectivity index (χ0n) is 18.2. The normalized spacial score (nSPS) is 24.6. The monoisotopic (exact) mass is 428 g/mol. The summed E-state index contributed by atoms with van der Waals surface area (Å²) in [6.45, 7) is 3.41. The molecule has 3 saturated heterocycles. The Morgan fingerprint density at radius 1 is 1.00 bits per heavy atom. The first kappa shape index (κ1) is 19.7. The van der Waals surface area contributed by atoms with E-state index in [4.69, 9.17) is 4.42 Å². The Morgan fingerprint density at radius 2 is 1.81 bits per heavy atom. The van der Waals surface area contributed by atoms with Crippen LogP contribution in [0.2, 0.25) is 0 Å². The van der Waals surface area contributed by atoms with E-state index in [-0.39, 0.29) is 17.6 Å². The van der Waals surface area contributed by atoms with Gasteiger partial charge in [-0.15, -0.1) is 0 Å². The zero-order chi connectivity index (χ0) is 21.7. The van der Waals surface area contributed by atoms with E-state index in [0.717, 1.165) is 47.2 Å². The van der Waals surface area contributed by atoms with Crippen molar-refractivity contribution in [3.8, 4) is 11.1 Å². The molecule has 0 unspecified atom stereocenters. The Morgan fingerprint density at radius 3 is 2.56 bits per heavy atom. The molecule has 32 heavy (non-hydrogen) atoms. The van der Waals surface area contributed by atoms with Crippen molar-refractivity contribution in [2.45, 2.75) is 32.1 Å². The number of carbonyl (C=O) groups excluding carboxylic acids is 2. The molecule has 3 aliphatic heterocycles. The van der Waals surface area contributed by atoms with Gasteiger partial charge in [0.1, 0.15) is 5.58 Å². The second kappa shape index (κ2) is 7.89. The van der Waals surface area contributed by atoms with Crippen LogP contribution in [0.3, 0.4) is 0 Å². The first-order chi connectivity index (χ1) is 15.6. The van der Waals surface area contributed by atoms with E-state index in [1.54, 1.807) is 0 Å². The summed E-state index contributed by atoms with van der Waals surface area (Å²) in [4.78, 5) is 27.7. The molecule has 4 heterocycles. The van der Waals surface area contributed by atoms with Crippen LogP contribution in [-0.4, -0.2) is 36.2 Å². The summed E-state index contributed by atoms with van der Waals surface area (Å²) in [6.07, 6.45) is 4.96. The van der Waals surface area contributed by atoms with Crippen LogP contribution in [0.1, 0.15) is 42.7 Å². The van der Waals surface area contributed by atoms with E-state index in [9.17, 15) is 9.59 Å². The van der Waals surface area contributed by atoms with Gasteiger partial charge in [0.2, 0.25) is 5.91 Å². The third kappa shape index (κ3) is 3.75. The minimum absolute atomic E-state index is 0.0963. The molecule has 1 aromatic heterocycles. The maximum atomic E-state index is 13.1. The molecule has 4 fully saturated rings. The molecule has 0 spiro atoms. The lowest BCUT2D eigenvalue weighted by Gasteiger charge is -2.44. The lowest BCUT2D eigenvalue weighted by molar-refractivity contribution is -0.117. The van der Waals surface area contributed by atoms with Crippen LogP contribution in [0.5, 0.6) is 0 Å². The maximum absolute atomic E-state index is 13.1. The molecule has 4 aliphatic rings. The molecule has 1 amide bonds. The van der Waals surface area contributed by atoms with E-state index in [0.29, 0.717) is 24.0 Å². The summed E-state index contributed by atoms with van der Waals surface area (Å²) in [5, 5.41) is 3.95. The van der Waals surface area contributed by atoms with Gasteiger partial charge in [-0.05, 0) is 74.4 Å². The molecule has 2 aromatic carbocycles. The van der Waals surface area contributed by atoms with E-state index >= 15 is 0 Å². The second-order valence-corrected chi connectivity index (χ2v) is 9.70. The molecular formula is C27H28N2O3. The van der Waals surface area contributed by atoms with Crippen LogP contribution in [0.25, 0.3) is 22.1 Å². The molecule has 5 heteroatoms. The van der Waals surface area contributed by atoms with Crippen LogP contribution < -0.4 is 5.32 Å². The number of carbonyl (C=O) groups is 2. The minimum Gasteiger partial charge on any atom is -0.452 e. The molecule has 5 nitrogen and oxygen atoms in total. The average molecular weight is 429 g/mol. The summed E-state index contributed by atoms with van der Waals surface area (Å²) in [5.74, 6) is 1.95. The van der Waals surface area contributed by atoms with Crippen LogP contribution in [0.15, 0.2) is 52.9 Å². The number of benzene rings is 2. The Bertz CT molecular complexity index is 1180. The van der Waals surface area contributed by atoms with Crippen LogP contribution in [-0.2, 0) is 4.79 Å². The molecule has 3 aromatic rings. The highest BCUT2D eigenvalue weighted by atomic mass is 16.3. The number of rotatable bonds is 6. The molecule has 1 aliphatic carbocycles. The van der Waals surface area contributed by atoms with Crippen LogP contribution in [0.4, 0.5) is 5.69 Å². The Balaban J connectivity index is 1.26. The van der Waals surface area contributed by atoms with E-state index in [2.05, 4.69) is 10.2 Å². The zero-order valence-corrected chi connectivity index (χ0v) is 18.2. The quantitative estimate of drug-likeness (QED) is 0.537. The Kier molecular flexibility index (Phi) is 4.87. The van der Waals surface area contributed by atoms with Gasteiger partial charge >= 0.3 is 0 Å². The number of nitrogens with one attached hydrogen (secondary N) is 1. The Labute approximate surface area is 187 Å². The highest BCUT2D eigenvalue weighted by Crippen LogP contribution is 2.37. The number of para-hydroxylation sites is 1. The molecule has 164 valence electrons. The third-order valence-corrected chi connectivity index (χ3v) is 7.45. The summed E-state index contributed by atoms with van der Waals surface area (Å²) in [7, 11) is 0. The van der Waals surface area contributed by atoms with Gasteiger partial charge in [-0.3, -0.25) is 9.59 Å². The van der Waals surface area contributed by atoms with Crippen molar-refractivity contribution in [3.05, 3.63) is 54.3 Å². The molecule has 0 radical (unpaired) electrons. The van der Waals surface area contributed by atoms with E-state index in [1.807, 2.05) is 48.5 Å². The van der Waals surface area contributed by atoms with Crippen LogP contribution in [0, 0.1) is 17.8 Å². The van der Waals surface area contributed by atoms with Gasteiger partial charge in [-0.1, -0.05) is 30.3 Å². The smallest absolute Gasteiger partial charge is 0.227 e. The standard InChI is InChI=1S/C27H28N2O3/c30-24(14-21-16-29-11-9-17(21)10-12-29)25-15-20-4-2-6-23(26(20)32-25)19-3-1-5-22(13-19)28-27(31)18-7-8-18/h1-6,13,15,17-18,21H,7-12,14,16H2,(H,28,31)/t21-/m0/s1. The summed E-state index contributed by atoms with van der Waals surface area (Å²) >= 11 is 0. The van der Waals surface area contributed by atoms with Crippen molar-refractivity contribution in [1.82, 2.24) is 4.90 Å². The molecule has 1 saturated carbocycles. The number of piperidine rings is 3. The van der Waals surface area contributed by atoms with Gasteiger partial charge in [0.05, 0.1) is 0 Å². The number of furan rings is 1. The van der Waals surface area contributed by atoms with Crippen molar-refractivity contribution >= 4 is 28.3 Å². The maximum Gasteiger partial charge on any atom is 0.227 e. The lowest BCUT2D eigenvalue weighted by atomic mass is 9.76. The summed E-state index contributed by atoms with van der Waals surface area (Å²) in [5.41, 5.74) is 3.43. The number of hydrogen-bond donors (Lipinski definition) is 1. The topological polar surface area (TPSA) is 62.6 Å². The van der Waals surface area contributed by atoms with Gasteiger partial charge in [0, 0.05) is 35.5 Å². The van der Waals surface area contributed by atoms with Gasteiger partial charge in [-0.25, -0.2) is 0 Å². The number of fused-ring (bicyclic) bond motifs is 4. The number of ketones is 1. The average Bonchev–Trinajstić information content (AvgIpc) is 3.58. The van der Waals surface area contributed by atoms with Crippen molar-refractivity contribution in [2.75, 3.05) is 25.0 Å². The second-order valence-electron chi connectivity index (χ2n) is 9.70. The predicted molar refractivity (Wildman–Crippen MR) is 125 cm³/mol. The number of amides is 1. The highest BCUT2D eigenvalue weighted by Gasteiger charge is 2.35. The molecule has 1 atom stereocenters. The molecular weight excluding hydrogens is 400 g/mol. The SMILES string of the molecule is O=C(C[C@H]1CN2CCC1CC2)c1cc2cccc(-c3cccc(NC(=O)C4CC4)c3)c2o1. The van der Waals surface area contributed by atoms with Crippen molar-refractivity contribution < 1.29 is 14.0 Å². The fourth-order valence-corrected chi connectivity index (χ4v) is 5.44. The number of anilines is 1. The first-order valence-corrected chi connectivity index (χ1v) is 11.8. The third-order valence-electron chi connectivity index (χ3n) is 7.45. The van der Waals surface area contributed by atoms with Crippen molar-refractivity contribution in [2.24, 2.45) is 17.8 Å². The van der Waals surface area contributed by atoms with Crippen LogP contribution >= 0.6 is 0 Å². The predicted octanol–water partition coefficient (Wildman–Crippen LogP) is 5.36. The Hall–Kier alpha value is -2.92. The fraction of sp³-hybridized carbons (Fsp3) is 0.407. The molecule has 1 N–H and O–H groups in total. The summed E-state index contributed by atoms with van der Waals surface area (Å²) < 4.78 is 6.16. The van der Waals surface area contributed by atoms with Gasteiger partial charge in [0.25, 0.3) is 0 Å².